The Bertz CT molecular complexity index is 503. The maximum Gasteiger partial charge on any atom is 0.120 e. The van der Waals surface area contributed by atoms with Crippen LogP contribution in [0.4, 0.5) is 0 Å². The van der Waals surface area contributed by atoms with Crippen molar-refractivity contribution in [1.82, 2.24) is 5.32 Å². The van der Waals surface area contributed by atoms with Gasteiger partial charge in [-0.05, 0) is 73.2 Å². The number of benzene rings is 1. The van der Waals surface area contributed by atoms with Crippen molar-refractivity contribution in [1.29, 1.82) is 0 Å². The molecule has 2 atom stereocenters. The van der Waals surface area contributed by atoms with Gasteiger partial charge in [0, 0.05) is 9.61 Å². The van der Waals surface area contributed by atoms with E-state index in [1.165, 1.54) is 9.13 Å². The van der Waals surface area contributed by atoms with Gasteiger partial charge in [-0.25, -0.2) is 0 Å². The van der Waals surface area contributed by atoms with E-state index in [4.69, 9.17) is 4.42 Å². The lowest BCUT2D eigenvalue weighted by molar-refractivity contribution is 0.392. The molecular weight excluding hydrogens is 337 g/mol. The van der Waals surface area contributed by atoms with Gasteiger partial charge >= 0.3 is 0 Å². The van der Waals surface area contributed by atoms with E-state index in [9.17, 15) is 0 Å². The molecule has 0 aliphatic carbocycles. The molecule has 0 spiro atoms. The van der Waals surface area contributed by atoms with Crippen LogP contribution >= 0.6 is 22.6 Å². The summed E-state index contributed by atoms with van der Waals surface area (Å²) in [6, 6.07) is 13.2. The molecule has 0 amide bonds. The number of furan rings is 1. The second kappa shape index (κ2) is 5.89. The molecule has 0 saturated heterocycles. The smallest absolute Gasteiger partial charge is 0.120 e. The molecule has 96 valence electrons. The molecule has 0 aliphatic heterocycles. The van der Waals surface area contributed by atoms with Crippen LogP contribution < -0.4 is 5.32 Å². The van der Waals surface area contributed by atoms with E-state index in [1.54, 1.807) is 0 Å². The highest BCUT2D eigenvalue weighted by molar-refractivity contribution is 14.1. The molecule has 0 bridgehead atoms. The molecular formula is C15H18INO. The third kappa shape index (κ3) is 3.36. The Kier molecular flexibility index (Phi) is 4.45. The molecule has 0 radical (unpaired) electrons. The van der Waals surface area contributed by atoms with Crippen molar-refractivity contribution in [3.8, 4) is 0 Å². The molecule has 0 aliphatic rings. The zero-order valence-electron chi connectivity index (χ0n) is 10.9. The van der Waals surface area contributed by atoms with Crippen LogP contribution in [0.1, 0.15) is 43.0 Å². The van der Waals surface area contributed by atoms with Crippen LogP contribution in [0, 0.1) is 10.5 Å². The third-order valence-corrected chi connectivity index (χ3v) is 3.78. The van der Waals surface area contributed by atoms with E-state index in [-0.39, 0.29) is 6.04 Å². The van der Waals surface area contributed by atoms with E-state index in [1.807, 2.05) is 19.1 Å². The molecule has 2 aromatic rings. The van der Waals surface area contributed by atoms with Crippen LogP contribution in [0.3, 0.4) is 0 Å². The van der Waals surface area contributed by atoms with E-state index in [2.05, 4.69) is 66.0 Å². The summed E-state index contributed by atoms with van der Waals surface area (Å²) in [5.41, 5.74) is 1.30. The SMILES string of the molecule is Cc1ccc(C(C)NC(C)c2ccc(I)cc2)o1. The van der Waals surface area contributed by atoms with Gasteiger partial charge in [0.15, 0.2) is 0 Å². The van der Waals surface area contributed by atoms with Crippen LogP contribution in [0.15, 0.2) is 40.8 Å². The summed E-state index contributed by atoms with van der Waals surface area (Å²) in [5, 5.41) is 3.55. The molecule has 3 heteroatoms. The second-order valence-electron chi connectivity index (χ2n) is 4.61. The fourth-order valence-corrected chi connectivity index (χ4v) is 2.35. The quantitative estimate of drug-likeness (QED) is 0.811. The molecule has 1 aromatic heterocycles. The molecule has 1 heterocycles. The third-order valence-electron chi connectivity index (χ3n) is 3.06. The highest BCUT2D eigenvalue weighted by atomic mass is 127. The minimum Gasteiger partial charge on any atom is -0.465 e. The van der Waals surface area contributed by atoms with Crippen LogP contribution in [0.5, 0.6) is 0 Å². The first kappa shape index (κ1) is 13.6. The normalized spacial score (nSPS) is 14.4. The average molecular weight is 355 g/mol. The minimum atomic E-state index is 0.216. The Labute approximate surface area is 122 Å². The Morgan fingerprint density at radius 1 is 1.00 bits per heavy atom. The van der Waals surface area contributed by atoms with Crippen molar-refractivity contribution in [3.63, 3.8) is 0 Å². The average Bonchev–Trinajstić information content (AvgIpc) is 2.76. The summed E-state index contributed by atoms with van der Waals surface area (Å²) in [6.07, 6.45) is 0. The van der Waals surface area contributed by atoms with Gasteiger partial charge in [-0.2, -0.15) is 0 Å². The van der Waals surface area contributed by atoms with E-state index >= 15 is 0 Å². The Balaban J connectivity index is 2.02. The zero-order valence-corrected chi connectivity index (χ0v) is 13.1. The van der Waals surface area contributed by atoms with Gasteiger partial charge in [-0.15, -0.1) is 0 Å². The summed E-state index contributed by atoms with van der Waals surface area (Å²) in [7, 11) is 0. The van der Waals surface area contributed by atoms with E-state index in [0.717, 1.165) is 11.5 Å². The van der Waals surface area contributed by atoms with Crippen molar-refractivity contribution in [2.45, 2.75) is 32.9 Å². The number of rotatable bonds is 4. The predicted molar refractivity (Wildman–Crippen MR) is 82.6 cm³/mol. The molecule has 1 aromatic carbocycles. The first-order valence-electron chi connectivity index (χ1n) is 6.14. The maximum atomic E-state index is 5.64. The summed E-state index contributed by atoms with van der Waals surface area (Å²) in [5.74, 6) is 1.95. The highest BCUT2D eigenvalue weighted by Crippen LogP contribution is 2.21. The lowest BCUT2D eigenvalue weighted by Crippen LogP contribution is -2.22. The number of hydrogen-bond acceptors (Lipinski definition) is 2. The standard InChI is InChI=1S/C15H18INO/c1-10-4-9-15(18-10)12(3)17-11(2)13-5-7-14(16)8-6-13/h4-9,11-12,17H,1-3H3. The van der Waals surface area contributed by atoms with Crippen molar-refractivity contribution in [3.05, 3.63) is 57.1 Å². The molecule has 0 fully saturated rings. The fraction of sp³-hybridized carbons (Fsp3) is 0.333. The van der Waals surface area contributed by atoms with E-state index < -0.39 is 0 Å². The largest absolute Gasteiger partial charge is 0.465 e. The number of aryl methyl sites for hydroxylation is 1. The van der Waals surface area contributed by atoms with Crippen LogP contribution in [-0.2, 0) is 0 Å². The summed E-state index contributed by atoms with van der Waals surface area (Å²) in [6.45, 7) is 6.27. The summed E-state index contributed by atoms with van der Waals surface area (Å²) < 4.78 is 6.90. The monoisotopic (exact) mass is 355 g/mol. The van der Waals surface area contributed by atoms with Gasteiger partial charge in [0.25, 0.3) is 0 Å². The van der Waals surface area contributed by atoms with Crippen molar-refractivity contribution < 1.29 is 4.42 Å². The second-order valence-corrected chi connectivity index (χ2v) is 5.86. The zero-order chi connectivity index (χ0) is 13.1. The lowest BCUT2D eigenvalue weighted by Gasteiger charge is -2.19. The van der Waals surface area contributed by atoms with Gasteiger partial charge in [-0.1, -0.05) is 12.1 Å². The molecule has 1 N–H and O–H groups in total. The van der Waals surface area contributed by atoms with Gasteiger partial charge in [0.05, 0.1) is 6.04 Å². The number of halogens is 1. The van der Waals surface area contributed by atoms with Crippen LogP contribution in [-0.4, -0.2) is 0 Å². The summed E-state index contributed by atoms with van der Waals surface area (Å²) in [4.78, 5) is 0. The van der Waals surface area contributed by atoms with Gasteiger partial charge < -0.3 is 9.73 Å². The first-order valence-corrected chi connectivity index (χ1v) is 7.22. The molecule has 2 nitrogen and oxygen atoms in total. The topological polar surface area (TPSA) is 25.2 Å². The molecule has 2 unspecified atom stereocenters. The van der Waals surface area contributed by atoms with Crippen LogP contribution in [0.25, 0.3) is 0 Å². The lowest BCUT2D eigenvalue weighted by atomic mass is 10.1. The molecule has 2 rings (SSSR count). The number of hydrogen-bond donors (Lipinski definition) is 1. The van der Waals surface area contributed by atoms with Gasteiger partial charge in [-0.3, -0.25) is 0 Å². The van der Waals surface area contributed by atoms with Crippen molar-refractivity contribution >= 4 is 22.6 Å². The Hall–Kier alpha value is -0.810. The summed E-state index contributed by atoms with van der Waals surface area (Å²) >= 11 is 2.32. The Morgan fingerprint density at radius 2 is 1.67 bits per heavy atom. The molecule has 18 heavy (non-hydrogen) atoms. The van der Waals surface area contributed by atoms with Crippen molar-refractivity contribution in [2.24, 2.45) is 0 Å². The highest BCUT2D eigenvalue weighted by Gasteiger charge is 2.13. The van der Waals surface area contributed by atoms with Crippen molar-refractivity contribution in [2.75, 3.05) is 0 Å². The number of nitrogens with one attached hydrogen (secondary N) is 1. The van der Waals surface area contributed by atoms with Gasteiger partial charge in [0.2, 0.25) is 0 Å². The molecule has 0 saturated carbocycles. The fourth-order valence-electron chi connectivity index (χ4n) is 1.99. The predicted octanol–water partition coefficient (Wildman–Crippen LogP) is 4.60. The minimum absolute atomic E-state index is 0.216. The van der Waals surface area contributed by atoms with Gasteiger partial charge in [0.1, 0.15) is 11.5 Å². The van der Waals surface area contributed by atoms with Crippen LogP contribution in [0.2, 0.25) is 0 Å². The van der Waals surface area contributed by atoms with E-state index in [0.29, 0.717) is 6.04 Å². The Morgan fingerprint density at radius 3 is 2.22 bits per heavy atom. The maximum absolute atomic E-state index is 5.64. The first-order chi connectivity index (χ1) is 8.56.